The second-order valence-electron chi connectivity index (χ2n) is 6.05. The highest BCUT2D eigenvalue weighted by atomic mass is 19.1. The third-order valence-corrected chi connectivity index (χ3v) is 4.26. The Morgan fingerprint density at radius 2 is 1.96 bits per heavy atom. The molecule has 0 amide bonds. The lowest BCUT2D eigenvalue weighted by atomic mass is 10.0. The van der Waals surface area contributed by atoms with Crippen molar-refractivity contribution in [2.75, 3.05) is 0 Å². The first-order chi connectivity index (χ1) is 12.2. The van der Waals surface area contributed by atoms with E-state index in [2.05, 4.69) is 19.9 Å². The van der Waals surface area contributed by atoms with E-state index in [0.717, 1.165) is 41.9 Å². The molecule has 0 atom stereocenters. The Kier molecular flexibility index (Phi) is 4.09. The standard InChI is InChI=1S/C19H17FN4O/c1-12-21-9-13(10-22-12)16-8-19(24-17-6-3-5-15(16)17)25-11-14-4-2-7-18(20)23-14/h2,4,7-10H,3,5-6,11H2,1H3. The Balaban J connectivity index is 1.65. The minimum atomic E-state index is -0.513. The Bertz CT molecular complexity index is 912. The highest BCUT2D eigenvalue weighted by Gasteiger charge is 2.20. The van der Waals surface area contributed by atoms with Gasteiger partial charge in [0.15, 0.2) is 0 Å². The maximum atomic E-state index is 13.2. The summed E-state index contributed by atoms with van der Waals surface area (Å²) in [6.45, 7) is 2.04. The molecule has 1 aliphatic carbocycles. The van der Waals surface area contributed by atoms with Crippen molar-refractivity contribution >= 4 is 0 Å². The summed E-state index contributed by atoms with van der Waals surface area (Å²) in [5, 5.41) is 0. The van der Waals surface area contributed by atoms with Gasteiger partial charge in [0.05, 0.1) is 5.69 Å². The normalized spacial score (nSPS) is 12.9. The van der Waals surface area contributed by atoms with Gasteiger partial charge in [0.1, 0.15) is 12.4 Å². The average molecular weight is 336 g/mol. The Morgan fingerprint density at radius 1 is 1.12 bits per heavy atom. The van der Waals surface area contributed by atoms with Crippen LogP contribution >= 0.6 is 0 Å². The van der Waals surface area contributed by atoms with Crippen molar-refractivity contribution in [3.63, 3.8) is 0 Å². The smallest absolute Gasteiger partial charge is 0.214 e. The second-order valence-corrected chi connectivity index (χ2v) is 6.05. The maximum absolute atomic E-state index is 13.2. The fraction of sp³-hybridized carbons (Fsp3) is 0.263. The summed E-state index contributed by atoms with van der Waals surface area (Å²) in [5.41, 5.74) is 4.84. The average Bonchev–Trinajstić information content (AvgIpc) is 3.09. The minimum Gasteiger partial charge on any atom is -0.471 e. The van der Waals surface area contributed by atoms with Crippen LogP contribution in [-0.4, -0.2) is 19.9 Å². The van der Waals surface area contributed by atoms with Crippen molar-refractivity contribution in [3.05, 3.63) is 65.4 Å². The SMILES string of the molecule is Cc1ncc(-c2cc(OCc3cccc(F)n3)nc3c2CCC3)cn1. The van der Waals surface area contributed by atoms with E-state index in [9.17, 15) is 4.39 Å². The highest BCUT2D eigenvalue weighted by Crippen LogP contribution is 2.33. The molecule has 0 aliphatic heterocycles. The van der Waals surface area contributed by atoms with E-state index in [-0.39, 0.29) is 6.61 Å². The van der Waals surface area contributed by atoms with E-state index >= 15 is 0 Å². The van der Waals surface area contributed by atoms with Crippen LogP contribution < -0.4 is 4.74 Å². The van der Waals surface area contributed by atoms with Crippen LogP contribution in [0.4, 0.5) is 4.39 Å². The number of fused-ring (bicyclic) bond motifs is 1. The number of aromatic nitrogens is 4. The number of hydrogen-bond donors (Lipinski definition) is 0. The van der Waals surface area contributed by atoms with Gasteiger partial charge in [-0.05, 0) is 49.4 Å². The molecule has 0 fully saturated rings. The van der Waals surface area contributed by atoms with Crippen molar-refractivity contribution in [2.45, 2.75) is 32.8 Å². The third-order valence-electron chi connectivity index (χ3n) is 4.26. The van der Waals surface area contributed by atoms with Crippen molar-refractivity contribution in [2.24, 2.45) is 0 Å². The van der Waals surface area contributed by atoms with Crippen molar-refractivity contribution in [1.29, 1.82) is 0 Å². The fourth-order valence-corrected chi connectivity index (χ4v) is 3.06. The van der Waals surface area contributed by atoms with Gasteiger partial charge in [0.25, 0.3) is 0 Å². The molecular weight excluding hydrogens is 319 g/mol. The summed E-state index contributed by atoms with van der Waals surface area (Å²) >= 11 is 0. The van der Waals surface area contributed by atoms with Crippen LogP contribution in [-0.2, 0) is 19.4 Å². The lowest BCUT2D eigenvalue weighted by molar-refractivity contribution is 0.287. The van der Waals surface area contributed by atoms with Gasteiger partial charge < -0.3 is 4.74 Å². The van der Waals surface area contributed by atoms with Crippen molar-refractivity contribution in [1.82, 2.24) is 19.9 Å². The molecule has 0 N–H and O–H groups in total. The molecule has 6 heteroatoms. The Morgan fingerprint density at radius 3 is 2.76 bits per heavy atom. The van der Waals surface area contributed by atoms with Crippen LogP contribution in [0.5, 0.6) is 5.88 Å². The molecule has 3 heterocycles. The van der Waals surface area contributed by atoms with Gasteiger partial charge in [-0.15, -0.1) is 0 Å². The van der Waals surface area contributed by atoms with E-state index in [1.165, 1.54) is 11.6 Å². The van der Waals surface area contributed by atoms with Crippen LogP contribution in [0.3, 0.4) is 0 Å². The second kappa shape index (κ2) is 6.55. The predicted octanol–water partition coefficient (Wildman–Crippen LogP) is 3.45. The third kappa shape index (κ3) is 3.33. The maximum Gasteiger partial charge on any atom is 0.214 e. The quantitative estimate of drug-likeness (QED) is 0.683. The molecule has 3 aromatic heterocycles. The van der Waals surface area contributed by atoms with E-state index in [4.69, 9.17) is 4.74 Å². The molecule has 126 valence electrons. The van der Waals surface area contributed by atoms with E-state index in [0.29, 0.717) is 11.6 Å². The van der Waals surface area contributed by atoms with Gasteiger partial charge in [0, 0.05) is 29.7 Å². The number of ether oxygens (including phenoxy) is 1. The first-order valence-corrected chi connectivity index (χ1v) is 8.25. The molecule has 0 spiro atoms. The number of rotatable bonds is 4. The van der Waals surface area contributed by atoms with Crippen LogP contribution in [0.2, 0.25) is 0 Å². The molecule has 25 heavy (non-hydrogen) atoms. The first-order valence-electron chi connectivity index (χ1n) is 8.25. The zero-order chi connectivity index (χ0) is 17.2. The molecule has 0 aromatic carbocycles. The summed E-state index contributed by atoms with van der Waals surface area (Å²) in [6, 6.07) is 6.57. The van der Waals surface area contributed by atoms with Crippen molar-refractivity contribution in [3.8, 4) is 17.0 Å². The van der Waals surface area contributed by atoms with Crippen LogP contribution in [0.15, 0.2) is 36.7 Å². The zero-order valence-electron chi connectivity index (χ0n) is 13.9. The lowest BCUT2D eigenvalue weighted by Gasteiger charge is -2.12. The Hall–Kier alpha value is -2.89. The summed E-state index contributed by atoms with van der Waals surface area (Å²) < 4.78 is 19.0. The monoisotopic (exact) mass is 336 g/mol. The van der Waals surface area contributed by atoms with Gasteiger partial charge in [-0.1, -0.05) is 6.07 Å². The van der Waals surface area contributed by atoms with E-state index in [1.54, 1.807) is 12.1 Å². The molecular formula is C19H17FN4O. The molecule has 4 rings (SSSR count). The molecule has 0 bridgehead atoms. The molecule has 0 unspecified atom stereocenters. The van der Waals surface area contributed by atoms with Crippen LogP contribution in [0.25, 0.3) is 11.1 Å². The largest absolute Gasteiger partial charge is 0.471 e. The minimum absolute atomic E-state index is 0.174. The number of aryl methyl sites for hydroxylation is 2. The van der Waals surface area contributed by atoms with Gasteiger partial charge in [0.2, 0.25) is 11.8 Å². The Labute approximate surface area is 145 Å². The number of nitrogens with zero attached hydrogens (tertiary/aromatic N) is 4. The van der Waals surface area contributed by atoms with Crippen LogP contribution in [0, 0.1) is 12.9 Å². The number of halogens is 1. The summed E-state index contributed by atoms with van der Waals surface area (Å²) in [6.07, 6.45) is 6.67. The first kappa shape index (κ1) is 15.6. The fourth-order valence-electron chi connectivity index (χ4n) is 3.06. The van der Waals surface area contributed by atoms with Gasteiger partial charge in [-0.2, -0.15) is 4.39 Å². The topological polar surface area (TPSA) is 60.8 Å². The number of pyridine rings is 2. The zero-order valence-corrected chi connectivity index (χ0v) is 13.9. The highest BCUT2D eigenvalue weighted by molar-refractivity contribution is 5.68. The van der Waals surface area contributed by atoms with Crippen molar-refractivity contribution < 1.29 is 9.13 Å². The molecule has 0 radical (unpaired) electrons. The van der Waals surface area contributed by atoms with Crippen LogP contribution in [0.1, 0.15) is 29.2 Å². The number of hydrogen-bond acceptors (Lipinski definition) is 5. The summed E-state index contributed by atoms with van der Waals surface area (Å²) in [4.78, 5) is 17.0. The molecule has 3 aromatic rings. The van der Waals surface area contributed by atoms with Gasteiger partial charge >= 0.3 is 0 Å². The molecule has 5 nitrogen and oxygen atoms in total. The molecule has 0 saturated carbocycles. The van der Waals surface area contributed by atoms with Gasteiger partial charge in [-0.3, -0.25) is 0 Å². The molecule has 1 aliphatic rings. The summed E-state index contributed by atoms with van der Waals surface area (Å²) in [5.74, 6) is 0.742. The predicted molar refractivity (Wildman–Crippen MR) is 90.6 cm³/mol. The lowest BCUT2D eigenvalue weighted by Crippen LogP contribution is -2.03. The van der Waals surface area contributed by atoms with Gasteiger partial charge in [-0.25, -0.2) is 19.9 Å². The van der Waals surface area contributed by atoms with E-state index in [1.807, 2.05) is 25.4 Å². The summed E-state index contributed by atoms with van der Waals surface area (Å²) in [7, 11) is 0. The molecule has 0 saturated heterocycles. The van der Waals surface area contributed by atoms with E-state index < -0.39 is 5.95 Å².